The van der Waals surface area contributed by atoms with Crippen molar-refractivity contribution in [2.75, 3.05) is 60.0 Å². The van der Waals surface area contributed by atoms with Crippen LogP contribution < -0.4 is 0 Å². The Morgan fingerprint density at radius 2 is 1.78 bits per heavy atom. The van der Waals surface area contributed by atoms with Gasteiger partial charge in [-0.3, -0.25) is 14.6 Å². The molecule has 0 saturated carbocycles. The highest BCUT2D eigenvalue weighted by Gasteiger charge is 2.20. The van der Waals surface area contributed by atoms with Crippen LogP contribution in [0.5, 0.6) is 0 Å². The third-order valence-electron chi connectivity index (χ3n) is 4.19. The van der Waals surface area contributed by atoms with Crippen LogP contribution >= 0.6 is 11.6 Å². The molecule has 0 spiro atoms. The number of benzene rings is 1. The molecular formula is C17H26ClN3O2. The van der Waals surface area contributed by atoms with Crippen LogP contribution in [0.15, 0.2) is 24.3 Å². The standard InChI is InChI=1S/C17H26ClN3O2/c1-19(13-15-3-5-16(18)6-4-15)17(22)14-21-9-7-20(8-10-21)11-12-23-2/h3-6H,7-14H2,1-2H3. The smallest absolute Gasteiger partial charge is 0.236 e. The minimum Gasteiger partial charge on any atom is -0.383 e. The van der Waals surface area contributed by atoms with Crippen molar-refractivity contribution in [3.8, 4) is 0 Å². The third-order valence-corrected chi connectivity index (χ3v) is 4.45. The fourth-order valence-corrected chi connectivity index (χ4v) is 2.78. The van der Waals surface area contributed by atoms with Gasteiger partial charge < -0.3 is 9.64 Å². The number of ether oxygens (including phenoxy) is 1. The monoisotopic (exact) mass is 339 g/mol. The minimum atomic E-state index is 0.158. The van der Waals surface area contributed by atoms with E-state index >= 15 is 0 Å². The summed E-state index contributed by atoms with van der Waals surface area (Å²) in [5.74, 6) is 0.158. The van der Waals surface area contributed by atoms with E-state index in [9.17, 15) is 4.79 Å². The first-order valence-electron chi connectivity index (χ1n) is 8.00. The van der Waals surface area contributed by atoms with Gasteiger partial charge in [0.2, 0.25) is 5.91 Å². The van der Waals surface area contributed by atoms with E-state index in [0.717, 1.165) is 44.9 Å². The minimum absolute atomic E-state index is 0.158. The van der Waals surface area contributed by atoms with Crippen molar-refractivity contribution in [2.24, 2.45) is 0 Å². The molecule has 128 valence electrons. The predicted molar refractivity (Wildman–Crippen MR) is 92.7 cm³/mol. The number of methoxy groups -OCH3 is 1. The van der Waals surface area contributed by atoms with Gasteiger partial charge in [-0.05, 0) is 17.7 Å². The lowest BCUT2D eigenvalue weighted by atomic mass is 10.2. The van der Waals surface area contributed by atoms with Gasteiger partial charge in [0.1, 0.15) is 0 Å². The fraction of sp³-hybridized carbons (Fsp3) is 0.588. The van der Waals surface area contributed by atoms with Crippen molar-refractivity contribution in [2.45, 2.75) is 6.54 Å². The second-order valence-electron chi connectivity index (χ2n) is 5.99. The molecule has 1 aliphatic rings. The summed E-state index contributed by atoms with van der Waals surface area (Å²) in [6, 6.07) is 7.63. The van der Waals surface area contributed by atoms with E-state index in [1.165, 1.54) is 0 Å². The SMILES string of the molecule is COCCN1CCN(CC(=O)N(C)Cc2ccc(Cl)cc2)CC1. The van der Waals surface area contributed by atoms with Gasteiger partial charge in [0.05, 0.1) is 13.2 Å². The highest BCUT2D eigenvalue weighted by atomic mass is 35.5. The lowest BCUT2D eigenvalue weighted by Gasteiger charge is -2.34. The van der Waals surface area contributed by atoms with Crippen LogP contribution in [-0.2, 0) is 16.1 Å². The van der Waals surface area contributed by atoms with Crippen molar-refractivity contribution in [3.63, 3.8) is 0 Å². The molecule has 1 aromatic rings. The topological polar surface area (TPSA) is 36.0 Å². The van der Waals surface area contributed by atoms with Crippen LogP contribution in [0, 0.1) is 0 Å². The van der Waals surface area contributed by atoms with Crippen LogP contribution in [-0.4, -0.2) is 80.6 Å². The van der Waals surface area contributed by atoms with Gasteiger partial charge in [-0.25, -0.2) is 0 Å². The normalized spacial score (nSPS) is 16.5. The Kier molecular flexibility index (Phi) is 7.30. The highest BCUT2D eigenvalue weighted by Crippen LogP contribution is 2.11. The molecule has 1 heterocycles. The van der Waals surface area contributed by atoms with E-state index in [2.05, 4.69) is 9.80 Å². The molecule has 0 aromatic heterocycles. The average molecular weight is 340 g/mol. The van der Waals surface area contributed by atoms with Crippen LogP contribution in [0.4, 0.5) is 0 Å². The maximum Gasteiger partial charge on any atom is 0.236 e. The molecule has 23 heavy (non-hydrogen) atoms. The number of nitrogens with zero attached hydrogens (tertiary/aromatic N) is 3. The number of rotatable bonds is 7. The first-order chi connectivity index (χ1) is 11.1. The number of carbonyl (C=O) groups is 1. The molecule has 0 unspecified atom stereocenters. The van der Waals surface area contributed by atoms with Gasteiger partial charge in [-0.1, -0.05) is 23.7 Å². The number of amides is 1. The van der Waals surface area contributed by atoms with Gasteiger partial charge in [0, 0.05) is 58.4 Å². The molecule has 1 aliphatic heterocycles. The summed E-state index contributed by atoms with van der Waals surface area (Å²) in [6.07, 6.45) is 0. The summed E-state index contributed by atoms with van der Waals surface area (Å²) in [6.45, 7) is 6.70. The molecule has 0 radical (unpaired) electrons. The lowest BCUT2D eigenvalue weighted by molar-refractivity contribution is -0.132. The van der Waals surface area contributed by atoms with E-state index in [1.54, 1.807) is 12.0 Å². The van der Waals surface area contributed by atoms with E-state index in [4.69, 9.17) is 16.3 Å². The second-order valence-corrected chi connectivity index (χ2v) is 6.42. The molecule has 0 aliphatic carbocycles. The van der Waals surface area contributed by atoms with E-state index in [1.807, 2.05) is 31.3 Å². The Hall–Kier alpha value is -1.14. The Labute approximate surface area is 143 Å². The zero-order valence-corrected chi connectivity index (χ0v) is 14.8. The van der Waals surface area contributed by atoms with Crippen molar-refractivity contribution < 1.29 is 9.53 Å². The van der Waals surface area contributed by atoms with Crippen LogP contribution in [0.1, 0.15) is 5.56 Å². The highest BCUT2D eigenvalue weighted by molar-refractivity contribution is 6.30. The Morgan fingerprint density at radius 1 is 1.17 bits per heavy atom. The molecule has 0 atom stereocenters. The number of likely N-dealkylation sites (N-methyl/N-ethyl adjacent to an activating group) is 1. The van der Waals surface area contributed by atoms with Crippen LogP contribution in [0.2, 0.25) is 5.02 Å². The second kappa shape index (κ2) is 9.23. The van der Waals surface area contributed by atoms with Gasteiger partial charge in [-0.15, -0.1) is 0 Å². The summed E-state index contributed by atoms with van der Waals surface area (Å²) in [5, 5.41) is 0.717. The molecule has 2 rings (SSSR count). The summed E-state index contributed by atoms with van der Waals surface area (Å²) in [7, 11) is 3.58. The van der Waals surface area contributed by atoms with Crippen molar-refractivity contribution in [1.82, 2.24) is 14.7 Å². The molecule has 5 nitrogen and oxygen atoms in total. The van der Waals surface area contributed by atoms with Crippen molar-refractivity contribution in [3.05, 3.63) is 34.9 Å². The molecule has 1 aromatic carbocycles. The quantitative estimate of drug-likeness (QED) is 0.755. The first kappa shape index (κ1) is 18.2. The summed E-state index contributed by atoms with van der Waals surface area (Å²) in [5.41, 5.74) is 1.09. The van der Waals surface area contributed by atoms with Crippen molar-refractivity contribution >= 4 is 17.5 Å². The molecule has 1 saturated heterocycles. The molecule has 0 N–H and O–H groups in total. The number of hydrogen-bond donors (Lipinski definition) is 0. The van der Waals surface area contributed by atoms with E-state index in [-0.39, 0.29) is 5.91 Å². The molecule has 1 fully saturated rings. The maximum absolute atomic E-state index is 12.4. The summed E-state index contributed by atoms with van der Waals surface area (Å²) >= 11 is 5.88. The number of halogens is 1. The van der Waals surface area contributed by atoms with Gasteiger partial charge in [0.15, 0.2) is 0 Å². The summed E-state index contributed by atoms with van der Waals surface area (Å²) in [4.78, 5) is 18.7. The molecule has 1 amide bonds. The Morgan fingerprint density at radius 3 is 2.39 bits per heavy atom. The van der Waals surface area contributed by atoms with Crippen molar-refractivity contribution in [1.29, 1.82) is 0 Å². The fourth-order valence-electron chi connectivity index (χ4n) is 2.66. The summed E-state index contributed by atoms with van der Waals surface area (Å²) < 4.78 is 5.11. The lowest BCUT2D eigenvalue weighted by Crippen LogP contribution is -2.50. The van der Waals surface area contributed by atoms with Gasteiger partial charge >= 0.3 is 0 Å². The Balaban J connectivity index is 1.73. The van der Waals surface area contributed by atoms with Crippen LogP contribution in [0.25, 0.3) is 0 Å². The van der Waals surface area contributed by atoms with Crippen LogP contribution in [0.3, 0.4) is 0 Å². The molecular weight excluding hydrogens is 314 g/mol. The van der Waals surface area contributed by atoms with Gasteiger partial charge in [0.25, 0.3) is 0 Å². The zero-order chi connectivity index (χ0) is 16.7. The third kappa shape index (κ3) is 6.11. The largest absolute Gasteiger partial charge is 0.383 e. The molecule has 0 bridgehead atoms. The van der Waals surface area contributed by atoms with E-state index < -0.39 is 0 Å². The Bertz CT molecular complexity index is 487. The molecule has 6 heteroatoms. The zero-order valence-electron chi connectivity index (χ0n) is 14.0. The first-order valence-corrected chi connectivity index (χ1v) is 8.38. The number of hydrogen-bond acceptors (Lipinski definition) is 4. The predicted octanol–water partition coefficient (Wildman–Crippen LogP) is 1.56. The average Bonchev–Trinajstić information content (AvgIpc) is 2.56. The van der Waals surface area contributed by atoms with Gasteiger partial charge in [-0.2, -0.15) is 0 Å². The maximum atomic E-state index is 12.4. The van der Waals surface area contributed by atoms with E-state index in [0.29, 0.717) is 18.1 Å². The number of carbonyl (C=O) groups excluding carboxylic acids is 1. The number of piperazine rings is 1.